The zero-order chi connectivity index (χ0) is 13.8. The number of aliphatic imine (C=N–C) groups is 1. The average Bonchev–Trinajstić information content (AvgIpc) is 2.44. The molecule has 0 saturated heterocycles. The molecule has 0 atom stereocenters. The second-order valence-corrected chi connectivity index (χ2v) is 5.38. The van der Waals surface area contributed by atoms with E-state index in [-0.39, 0.29) is 5.75 Å². The van der Waals surface area contributed by atoms with Gasteiger partial charge in [0.1, 0.15) is 0 Å². The summed E-state index contributed by atoms with van der Waals surface area (Å²) in [6.07, 6.45) is 1.60. The fourth-order valence-corrected chi connectivity index (χ4v) is 2.36. The van der Waals surface area contributed by atoms with E-state index in [4.69, 9.17) is 4.74 Å². The molecule has 0 aliphatic heterocycles. The minimum Gasteiger partial charge on any atom is -0.504 e. The van der Waals surface area contributed by atoms with Crippen LogP contribution >= 0.6 is 31.9 Å². The number of rotatable bonds is 3. The van der Waals surface area contributed by atoms with Crippen molar-refractivity contribution in [1.29, 1.82) is 0 Å². The highest BCUT2D eigenvalue weighted by Gasteiger charge is 2.14. The summed E-state index contributed by atoms with van der Waals surface area (Å²) >= 11 is 6.81. The number of nitrogens with zero attached hydrogens (tertiary/aromatic N) is 1. The Morgan fingerprint density at radius 1 is 1.21 bits per heavy atom. The fourth-order valence-electron chi connectivity index (χ4n) is 1.54. The van der Waals surface area contributed by atoms with Crippen LogP contribution in [-0.4, -0.2) is 18.4 Å². The summed E-state index contributed by atoms with van der Waals surface area (Å²) in [6.45, 7) is 0. The third-order valence-electron chi connectivity index (χ3n) is 2.51. The number of hydrogen-bond acceptors (Lipinski definition) is 3. The van der Waals surface area contributed by atoms with E-state index in [1.54, 1.807) is 12.3 Å². The standard InChI is InChI=1S/C14H11Br2NO2/c1-19-12-7-11(15)13(16)10(14(12)18)8-17-9-5-3-2-4-6-9/h2-8,18H,1H3. The van der Waals surface area contributed by atoms with E-state index in [1.165, 1.54) is 7.11 Å². The Morgan fingerprint density at radius 2 is 1.89 bits per heavy atom. The van der Waals surface area contributed by atoms with E-state index < -0.39 is 0 Å². The molecule has 0 amide bonds. The molecular weight excluding hydrogens is 374 g/mol. The zero-order valence-corrected chi connectivity index (χ0v) is 13.3. The van der Waals surface area contributed by atoms with Gasteiger partial charge in [-0.3, -0.25) is 4.99 Å². The first-order valence-corrected chi connectivity index (χ1v) is 7.06. The second kappa shape index (κ2) is 6.21. The Bertz CT molecular complexity index is 613. The van der Waals surface area contributed by atoms with Gasteiger partial charge in [-0.2, -0.15) is 0 Å². The molecule has 1 N–H and O–H groups in total. The maximum atomic E-state index is 10.1. The van der Waals surface area contributed by atoms with Crippen LogP contribution in [0.15, 0.2) is 50.3 Å². The first kappa shape index (κ1) is 14.1. The maximum absolute atomic E-state index is 10.1. The minimum absolute atomic E-state index is 0.0530. The first-order valence-electron chi connectivity index (χ1n) is 5.47. The van der Waals surface area contributed by atoms with Crippen LogP contribution in [0.2, 0.25) is 0 Å². The first-order chi connectivity index (χ1) is 9.13. The lowest BCUT2D eigenvalue weighted by Gasteiger charge is -2.09. The number of methoxy groups -OCH3 is 1. The maximum Gasteiger partial charge on any atom is 0.167 e. The average molecular weight is 385 g/mol. The smallest absolute Gasteiger partial charge is 0.167 e. The summed E-state index contributed by atoms with van der Waals surface area (Å²) in [7, 11) is 1.51. The third-order valence-corrected chi connectivity index (χ3v) is 4.52. The van der Waals surface area contributed by atoms with E-state index >= 15 is 0 Å². The fraction of sp³-hybridized carbons (Fsp3) is 0.0714. The summed E-state index contributed by atoms with van der Waals surface area (Å²) in [6, 6.07) is 11.2. The number of hydrogen-bond donors (Lipinski definition) is 1. The highest BCUT2D eigenvalue weighted by atomic mass is 79.9. The molecular formula is C14H11Br2NO2. The summed E-state index contributed by atoms with van der Waals surface area (Å²) in [5, 5.41) is 10.1. The summed E-state index contributed by atoms with van der Waals surface area (Å²) in [4.78, 5) is 4.32. The highest BCUT2D eigenvalue weighted by molar-refractivity contribution is 9.13. The van der Waals surface area contributed by atoms with Crippen LogP contribution in [0.25, 0.3) is 0 Å². The molecule has 0 bridgehead atoms. The van der Waals surface area contributed by atoms with Crippen molar-refractivity contribution in [2.75, 3.05) is 7.11 Å². The molecule has 0 fully saturated rings. The number of halogens is 2. The van der Waals surface area contributed by atoms with Gasteiger partial charge < -0.3 is 9.84 Å². The molecule has 0 aliphatic rings. The molecule has 19 heavy (non-hydrogen) atoms. The minimum atomic E-state index is 0.0530. The van der Waals surface area contributed by atoms with Gasteiger partial charge >= 0.3 is 0 Å². The molecule has 0 spiro atoms. The van der Waals surface area contributed by atoms with Gasteiger partial charge in [-0.1, -0.05) is 18.2 Å². The van der Waals surface area contributed by atoms with Crippen LogP contribution in [0.3, 0.4) is 0 Å². The Hall–Kier alpha value is -1.33. The van der Waals surface area contributed by atoms with Gasteiger partial charge in [0.25, 0.3) is 0 Å². The Morgan fingerprint density at radius 3 is 2.53 bits per heavy atom. The van der Waals surface area contributed by atoms with Crippen molar-refractivity contribution in [2.45, 2.75) is 0 Å². The van der Waals surface area contributed by atoms with E-state index in [2.05, 4.69) is 36.9 Å². The van der Waals surface area contributed by atoms with Crippen LogP contribution in [0.5, 0.6) is 11.5 Å². The molecule has 0 aliphatic carbocycles. The van der Waals surface area contributed by atoms with Crippen LogP contribution < -0.4 is 4.74 Å². The number of phenols is 1. The molecule has 0 heterocycles. The normalized spacial score (nSPS) is 10.9. The molecule has 0 radical (unpaired) electrons. The number of phenolic OH excluding ortho intramolecular Hbond substituents is 1. The van der Waals surface area contributed by atoms with Crippen molar-refractivity contribution in [3.05, 3.63) is 50.9 Å². The Labute approximate surface area is 128 Å². The van der Waals surface area contributed by atoms with Crippen LogP contribution in [-0.2, 0) is 0 Å². The topological polar surface area (TPSA) is 41.8 Å². The number of para-hydroxylation sites is 1. The van der Waals surface area contributed by atoms with Gasteiger partial charge in [-0.15, -0.1) is 0 Å². The van der Waals surface area contributed by atoms with Crippen LogP contribution in [0.4, 0.5) is 5.69 Å². The van der Waals surface area contributed by atoms with Gasteiger partial charge in [0.05, 0.1) is 18.4 Å². The lowest BCUT2D eigenvalue weighted by atomic mass is 10.2. The molecule has 0 saturated carbocycles. The molecule has 2 rings (SSSR count). The monoisotopic (exact) mass is 383 g/mol. The van der Waals surface area contributed by atoms with Crippen molar-refractivity contribution in [3.8, 4) is 11.5 Å². The van der Waals surface area contributed by atoms with Crippen LogP contribution in [0, 0.1) is 0 Å². The largest absolute Gasteiger partial charge is 0.504 e. The van der Waals surface area contributed by atoms with Crippen molar-refractivity contribution in [2.24, 2.45) is 4.99 Å². The highest BCUT2D eigenvalue weighted by Crippen LogP contribution is 2.39. The quantitative estimate of drug-likeness (QED) is 0.780. The Kier molecular flexibility index (Phi) is 4.61. The van der Waals surface area contributed by atoms with Gasteiger partial charge in [0, 0.05) is 15.2 Å². The van der Waals surface area contributed by atoms with Gasteiger partial charge in [-0.05, 0) is 50.1 Å². The molecule has 0 aromatic heterocycles. The molecule has 3 nitrogen and oxygen atoms in total. The van der Waals surface area contributed by atoms with Crippen LogP contribution in [0.1, 0.15) is 5.56 Å². The predicted molar refractivity (Wildman–Crippen MR) is 83.8 cm³/mol. The lowest BCUT2D eigenvalue weighted by Crippen LogP contribution is -1.91. The summed E-state index contributed by atoms with van der Waals surface area (Å²) in [5.41, 5.74) is 1.38. The number of aromatic hydroxyl groups is 1. The van der Waals surface area contributed by atoms with Gasteiger partial charge in [0.2, 0.25) is 0 Å². The van der Waals surface area contributed by atoms with Gasteiger partial charge in [0.15, 0.2) is 11.5 Å². The molecule has 98 valence electrons. The molecule has 2 aromatic carbocycles. The Balaban J connectivity index is 2.45. The number of ether oxygens (including phenoxy) is 1. The van der Waals surface area contributed by atoms with E-state index in [9.17, 15) is 5.11 Å². The van der Waals surface area contributed by atoms with Crippen molar-refractivity contribution >= 4 is 43.8 Å². The SMILES string of the molecule is COc1cc(Br)c(Br)c(C=Nc2ccccc2)c1O. The lowest BCUT2D eigenvalue weighted by molar-refractivity contribution is 0.372. The predicted octanol–water partition coefficient (Wildman–Crippen LogP) is 4.68. The van der Waals surface area contributed by atoms with Gasteiger partial charge in [-0.25, -0.2) is 0 Å². The van der Waals surface area contributed by atoms with Crippen molar-refractivity contribution in [1.82, 2.24) is 0 Å². The summed E-state index contributed by atoms with van der Waals surface area (Å²) < 4.78 is 6.63. The number of benzene rings is 2. The van der Waals surface area contributed by atoms with E-state index in [0.717, 1.165) is 14.6 Å². The molecule has 2 aromatic rings. The van der Waals surface area contributed by atoms with Crippen molar-refractivity contribution < 1.29 is 9.84 Å². The van der Waals surface area contributed by atoms with Crippen molar-refractivity contribution in [3.63, 3.8) is 0 Å². The van der Waals surface area contributed by atoms with E-state index in [0.29, 0.717) is 11.3 Å². The summed E-state index contributed by atoms with van der Waals surface area (Å²) in [5.74, 6) is 0.446. The molecule has 0 unspecified atom stereocenters. The second-order valence-electron chi connectivity index (χ2n) is 3.73. The zero-order valence-electron chi connectivity index (χ0n) is 10.1. The third kappa shape index (κ3) is 3.16. The van der Waals surface area contributed by atoms with E-state index in [1.807, 2.05) is 30.3 Å². The molecule has 5 heteroatoms.